The molecule has 0 bridgehead atoms. The third-order valence-corrected chi connectivity index (χ3v) is 5.93. The number of pyridine rings is 1. The fourth-order valence-corrected chi connectivity index (χ4v) is 4.11. The van der Waals surface area contributed by atoms with Crippen molar-refractivity contribution in [3.8, 4) is 22.8 Å². The van der Waals surface area contributed by atoms with Crippen LogP contribution >= 0.6 is 11.8 Å². The fourth-order valence-electron chi connectivity index (χ4n) is 3.22. The lowest BCUT2D eigenvalue weighted by molar-refractivity contribution is -0.127. The van der Waals surface area contributed by atoms with E-state index >= 15 is 0 Å². The van der Waals surface area contributed by atoms with Crippen molar-refractivity contribution in [3.63, 3.8) is 0 Å². The second-order valence-corrected chi connectivity index (χ2v) is 8.15. The van der Waals surface area contributed by atoms with E-state index in [0.29, 0.717) is 16.5 Å². The molecule has 0 aliphatic rings. The Hall–Kier alpha value is -3.72. The molecule has 0 aliphatic heterocycles. The van der Waals surface area contributed by atoms with Crippen molar-refractivity contribution in [2.45, 2.75) is 11.7 Å². The van der Waals surface area contributed by atoms with Crippen molar-refractivity contribution in [1.29, 1.82) is 0 Å². The van der Waals surface area contributed by atoms with Gasteiger partial charge in [-0.1, -0.05) is 30.0 Å². The number of thioether (sulfide) groups is 1. The largest absolute Gasteiger partial charge is 0.497 e. The third-order valence-electron chi connectivity index (χ3n) is 5.02. The van der Waals surface area contributed by atoms with Crippen molar-refractivity contribution in [3.05, 3.63) is 84.4 Å². The van der Waals surface area contributed by atoms with Crippen LogP contribution in [0.5, 0.6) is 5.75 Å². The summed E-state index contributed by atoms with van der Waals surface area (Å²) in [4.78, 5) is 18.3. The number of methoxy groups -OCH3 is 1. The van der Waals surface area contributed by atoms with E-state index in [-0.39, 0.29) is 24.0 Å². The lowest BCUT2D eigenvalue weighted by atomic mass is 10.2. The molecule has 0 saturated carbocycles. The molecule has 7 nitrogen and oxygen atoms in total. The number of halogens is 1. The molecule has 0 aliphatic carbocycles. The highest BCUT2D eigenvalue weighted by Gasteiger charge is 2.19. The molecule has 33 heavy (non-hydrogen) atoms. The second kappa shape index (κ2) is 10.3. The molecule has 0 saturated heterocycles. The maximum Gasteiger partial charge on any atom is 0.233 e. The van der Waals surface area contributed by atoms with Gasteiger partial charge in [-0.05, 0) is 42.5 Å². The summed E-state index contributed by atoms with van der Waals surface area (Å²) >= 11 is 1.28. The molecule has 1 amide bonds. The predicted octanol–water partition coefficient (Wildman–Crippen LogP) is 4.23. The quantitative estimate of drug-likeness (QED) is 0.364. The number of nitrogens with zero attached hydrogens (tertiary/aromatic N) is 5. The summed E-state index contributed by atoms with van der Waals surface area (Å²) in [6.45, 7) is 0.194. The molecule has 4 aromatic rings. The Morgan fingerprint density at radius 2 is 1.79 bits per heavy atom. The van der Waals surface area contributed by atoms with Crippen LogP contribution in [0.4, 0.5) is 4.39 Å². The number of benzene rings is 2. The number of amides is 1. The number of aromatic nitrogens is 4. The first-order chi connectivity index (χ1) is 16.1. The van der Waals surface area contributed by atoms with E-state index in [1.165, 1.54) is 22.7 Å². The minimum absolute atomic E-state index is 0.135. The Balaban J connectivity index is 1.56. The Bertz CT molecular complexity index is 1230. The lowest BCUT2D eigenvalue weighted by Crippen LogP contribution is -2.28. The molecule has 2 aromatic carbocycles. The van der Waals surface area contributed by atoms with Gasteiger partial charge in [-0.15, -0.1) is 10.2 Å². The number of carbonyl (C=O) groups is 1. The van der Waals surface area contributed by atoms with Crippen molar-refractivity contribution in [1.82, 2.24) is 24.6 Å². The van der Waals surface area contributed by atoms with Crippen LogP contribution < -0.4 is 4.74 Å². The molecule has 2 heterocycles. The van der Waals surface area contributed by atoms with Crippen molar-refractivity contribution >= 4 is 17.7 Å². The molecule has 0 atom stereocenters. The third kappa shape index (κ3) is 5.20. The van der Waals surface area contributed by atoms with Gasteiger partial charge < -0.3 is 9.64 Å². The molecule has 0 radical (unpaired) electrons. The Morgan fingerprint density at radius 1 is 1.06 bits per heavy atom. The first-order valence-corrected chi connectivity index (χ1v) is 11.2. The van der Waals surface area contributed by atoms with Crippen LogP contribution in [0.3, 0.4) is 0 Å². The first-order valence-electron chi connectivity index (χ1n) is 10.2. The molecule has 2 aromatic heterocycles. The van der Waals surface area contributed by atoms with Crippen LogP contribution in [0.1, 0.15) is 5.56 Å². The van der Waals surface area contributed by atoms with Crippen LogP contribution in [-0.2, 0) is 11.3 Å². The normalized spacial score (nSPS) is 10.8. The van der Waals surface area contributed by atoms with Gasteiger partial charge in [0.05, 0.1) is 12.9 Å². The van der Waals surface area contributed by atoms with Gasteiger partial charge in [0.1, 0.15) is 11.6 Å². The summed E-state index contributed by atoms with van der Waals surface area (Å²) < 4.78 is 21.1. The van der Waals surface area contributed by atoms with Crippen LogP contribution in [0.25, 0.3) is 17.1 Å². The Kier molecular flexibility index (Phi) is 6.99. The predicted molar refractivity (Wildman–Crippen MR) is 125 cm³/mol. The number of hydrogen-bond acceptors (Lipinski definition) is 6. The smallest absolute Gasteiger partial charge is 0.233 e. The van der Waals surface area contributed by atoms with Crippen LogP contribution in [-0.4, -0.2) is 50.5 Å². The summed E-state index contributed by atoms with van der Waals surface area (Å²) in [7, 11) is 3.27. The lowest BCUT2D eigenvalue weighted by Gasteiger charge is -2.17. The number of ether oxygens (including phenoxy) is 1. The van der Waals surface area contributed by atoms with E-state index < -0.39 is 0 Å². The summed E-state index contributed by atoms with van der Waals surface area (Å²) in [5.41, 5.74) is 2.16. The minimum Gasteiger partial charge on any atom is -0.497 e. The van der Waals surface area contributed by atoms with Gasteiger partial charge in [0, 0.05) is 42.8 Å². The monoisotopic (exact) mass is 463 g/mol. The van der Waals surface area contributed by atoms with Gasteiger partial charge in [0.2, 0.25) is 5.91 Å². The molecule has 0 fully saturated rings. The van der Waals surface area contributed by atoms with Crippen LogP contribution in [0.2, 0.25) is 0 Å². The zero-order valence-electron chi connectivity index (χ0n) is 18.2. The van der Waals surface area contributed by atoms with Crippen LogP contribution in [0, 0.1) is 5.82 Å². The minimum atomic E-state index is -0.328. The standard InChI is InChI=1S/C24H22FN5O2S/c1-29(15-18-5-3-4-6-21(18)25)22(31)16-33-24-28-27-23(17-11-13-26-14-12-17)30(24)19-7-9-20(32-2)10-8-19/h3-14H,15-16H2,1-2H3. The topological polar surface area (TPSA) is 73.1 Å². The summed E-state index contributed by atoms with van der Waals surface area (Å²) in [5.74, 6) is 1.04. The number of rotatable bonds is 8. The highest BCUT2D eigenvalue weighted by molar-refractivity contribution is 7.99. The zero-order chi connectivity index (χ0) is 23.2. The summed E-state index contributed by atoms with van der Waals surface area (Å²) in [6, 6.07) is 17.7. The Morgan fingerprint density at radius 3 is 2.48 bits per heavy atom. The van der Waals surface area contributed by atoms with Gasteiger partial charge in [-0.2, -0.15) is 0 Å². The van der Waals surface area contributed by atoms with Crippen molar-refractivity contribution < 1.29 is 13.9 Å². The van der Waals surface area contributed by atoms with Gasteiger partial charge in [-0.3, -0.25) is 14.3 Å². The van der Waals surface area contributed by atoms with E-state index in [9.17, 15) is 9.18 Å². The second-order valence-electron chi connectivity index (χ2n) is 7.21. The van der Waals surface area contributed by atoms with Gasteiger partial charge in [-0.25, -0.2) is 4.39 Å². The molecule has 168 valence electrons. The zero-order valence-corrected chi connectivity index (χ0v) is 19.0. The van der Waals surface area contributed by atoms with E-state index in [4.69, 9.17) is 4.74 Å². The summed E-state index contributed by atoms with van der Waals surface area (Å²) in [6.07, 6.45) is 3.38. The SMILES string of the molecule is COc1ccc(-n2c(SCC(=O)N(C)Cc3ccccc3F)nnc2-c2ccncc2)cc1. The van der Waals surface area contributed by atoms with Gasteiger partial charge in [0.15, 0.2) is 11.0 Å². The molecule has 0 spiro atoms. The molecule has 0 unspecified atom stereocenters. The van der Waals surface area contributed by atoms with E-state index in [2.05, 4.69) is 15.2 Å². The summed E-state index contributed by atoms with van der Waals surface area (Å²) in [5, 5.41) is 9.27. The van der Waals surface area contributed by atoms with Crippen molar-refractivity contribution in [2.24, 2.45) is 0 Å². The average molecular weight is 464 g/mol. The van der Waals surface area contributed by atoms with E-state index in [0.717, 1.165) is 17.0 Å². The highest BCUT2D eigenvalue weighted by atomic mass is 32.2. The number of hydrogen-bond donors (Lipinski definition) is 0. The number of carbonyl (C=O) groups excluding carboxylic acids is 1. The Labute approximate surface area is 195 Å². The van der Waals surface area contributed by atoms with Gasteiger partial charge in [0.25, 0.3) is 0 Å². The van der Waals surface area contributed by atoms with Gasteiger partial charge >= 0.3 is 0 Å². The highest BCUT2D eigenvalue weighted by Crippen LogP contribution is 2.29. The fraction of sp³-hybridized carbons (Fsp3) is 0.167. The molecular formula is C24H22FN5O2S. The maximum absolute atomic E-state index is 13.9. The maximum atomic E-state index is 13.9. The average Bonchev–Trinajstić information content (AvgIpc) is 3.28. The molecule has 0 N–H and O–H groups in total. The van der Waals surface area contributed by atoms with E-state index in [1.807, 2.05) is 41.0 Å². The van der Waals surface area contributed by atoms with E-state index in [1.54, 1.807) is 44.8 Å². The van der Waals surface area contributed by atoms with Crippen molar-refractivity contribution in [2.75, 3.05) is 19.9 Å². The first kappa shape index (κ1) is 22.5. The molecule has 4 rings (SSSR count). The van der Waals surface area contributed by atoms with Crippen LogP contribution in [0.15, 0.2) is 78.2 Å². The molecule has 9 heteroatoms. The molecular weight excluding hydrogens is 441 g/mol.